The van der Waals surface area contributed by atoms with Crippen LogP contribution in [0.4, 0.5) is 0 Å². The second kappa shape index (κ2) is 2.30. The molecule has 0 atom stereocenters. The fraction of sp³-hybridized carbons (Fsp3) is 0.500. The van der Waals surface area contributed by atoms with Crippen LogP contribution in [0.15, 0.2) is 0 Å². The maximum atomic E-state index is 9.76. The number of hydrogen-bond acceptors (Lipinski definition) is 2. The third kappa shape index (κ3) is 1.59. The summed E-state index contributed by atoms with van der Waals surface area (Å²) >= 11 is 0. The fourth-order valence-corrected chi connectivity index (χ4v) is 0.106. The first-order valence-corrected chi connectivity index (χ1v) is 2.01. The van der Waals surface area contributed by atoms with E-state index in [2.05, 4.69) is 0 Å². The summed E-state index contributed by atoms with van der Waals surface area (Å²) in [5, 5.41) is 15.9. The zero-order chi connectivity index (χ0) is 6.73. The van der Waals surface area contributed by atoms with E-state index in [4.69, 9.17) is 10.2 Å². The Kier molecular flexibility index (Phi) is 1.99. The van der Waals surface area contributed by atoms with E-state index < -0.39 is 17.9 Å². The number of hydrogen-bond donors (Lipinski definition) is 2. The van der Waals surface area contributed by atoms with Gasteiger partial charge in [0, 0.05) is 0 Å². The Morgan fingerprint density at radius 2 is 1.62 bits per heavy atom. The highest BCUT2D eigenvalue weighted by Crippen LogP contribution is 1.91. The summed E-state index contributed by atoms with van der Waals surface area (Å²) < 4.78 is 0. The highest BCUT2D eigenvalue weighted by molar-refractivity contribution is 5.92. The van der Waals surface area contributed by atoms with E-state index in [0.717, 1.165) is 6.92 Å². The van der Waals surface area contributed by atoms with Crippen LogP contribution in [-0.2, 0) is 9.59 Å². The summed E-state index contributed by atoms with van der Waals surface area (Å²) in [7, 11) is 0. The molecule has 4 heteroatoms. The van der Waals surface area contributed by atoms with Crippen LogP contribution in [0.5, 0.6) is 0 Å². The second-order valence-corrected chi connectivity index (χ2v) is 1.40. The molecule has 0 radical (unpaired) electrons. The Morgan fingerprint density at radius 3 is 1.62 bits per heavy atom. The van der Waals surface area contributed by atoms with Crippen molar-refractivity contribution >= 4 is 11.9 Å². The largest absolute Gasteiger partial charge is 1.00 e. The van der Waals surface area contributed by atoms with Gasteiger partial charge in [-0.05, 0) is 6.92 Å². The van der Waals surface area contributed by atoms with Crippen molar-refractivity contribution in [3.05, 3.63) is 0 Å². The Labute approximate surface area is 47.2 Å². The third-order valence-electron chi connectivity index (χ3n) is 0.741. The molecule has 46 valence electrons. The molecule has 0 aromatic rings. The van der Waals surface area contributed by atoms with E-state index in [1.807, 2.05) is 0 Å². The number of aliphatic carboxylic acids is 2. The van der Waals surface area contributed by atoms with E-state index in [0.29, 0.717) is 0 Å². The molecule has 0 aliphatic carbocycles. The van der Waals surface area contributed by atoms with Gasteiger partial charge in [-0.2, -0.15) is 0 Å². The third-order valence-corrected chi connectivity index (χ3v) is 0.741. The monoisotopic (exact) mass is 119 g/mol. The van der Waals surface area contributed by atoms with Crippen molar-refractivity contribution in [2.75, 3.05) is 0 Å². The van der Waals surface area contributed by atoms with Gasteiger partial charge in [-0.25, -0.2) is 0 Å². The molecule has 0 rings (SSSR count). The van der Waals surface area contributed by atoms with Crippen LogP contribution < -0.4 is 0 Å². The SMILES string of the molecule is CC(C(=O)O)C(=O)O.[H+]. The quantitative estimate of drug-likeness (QED) is 0.498. The Bertz CT molecular complexity index is 108. The molecule has 2 N–H and O–H groups in total. The van der Waals surface area contributed by atoms with Gasteiger partial charge >= 0.3 is 13.4 Å². The first kappa shape index (κ1) is 6.94. The summed E-state index contributed by atoms with van der Waals surface area (Å²) in [5.74, 6) is -3.91. The number of rotatable bonds is 2. The van der Waals surface area contributed by atoms with Crippen molar-refractivity contribution in [1.29, 1.82) is 0 Å². The van der Waals surface area contributed by atoms with Crippen molar-refractivity contribution in [2.24, 2.45) is 5.92 Å². The fourth-order valence-electron chi connectivity index (χ4n) is 0.106. The Hall–Kier alpha value is -1.06. The van der Waals surface area contributed by atoms with Crippen molar-refractivity contribution in [3.8, 4) is 0 Å². The van der Waals surface area contributed by atoms with Gasteiger partial charge in [0.05, 0.1) is 0 Å². The van der Waals surface area contributed by atoms with Crippen LogP contribution in [-0.4, -0.2) is 22.2 Å². The predicted molar refractivity (Wildman–Crippen MR) is 25.5 cm³/mol. The summed E-state index contributed by atoms with van der Waals surface area (Å²) in [5.41, 5.74) is 0. The molecule has 0 heterocycles. The standard InChI is InChI=1S/C4H6O4/c1-2(3(5)6)4(7)8/h2H,1H3,(H,5,6)(H,7,8)/p+1. The molecule has 0 spiro atoms. The topological polar surface area (TPSA) is 74.6 Å². The average Bonchev–Trinajstić information content (AvgIpc) is 1.64. The van der Waals surface area contributed by atoms with Gasteiger partial charge in [0.2, 0.25) is 0 Å². The van der Waals surface area contributed by atoms with Crippen LogP contribution in [0.2, 0.25) is 0 Å². The van der Waals surface area contributed by atoms with Gasteiger partial charge in [0.15, 0.2) is 5.92 Å². The lowest BCUT2D eigenvalue weighted by Gasteiger charge is -1.94. The van der Waals surface area contributed by atoms with Crippen molar-refractivity contribution in [3.63, 3.8) is 0 Å². The minimum absolute atomic E-state index is 0. The number of carbonyl (C=O) groups is 2. The molecule has 0 fully saturated rings. The first-order chi connectivity index (χ1) is 3.55. The van der Waals surface area contributed by atoms with Crippen molar-refractivity contribution < 1.29 is 21.2 Å². The smallest absolute Gasteiger partial charge is 0.481 e. The lowest BCUT2D eigenvalue weighted by Crippen LogP contribution is -2.19. The highest BCUT2D eigenvalue weighted by atomic mass is 16.4. The van der Waals surface area contributed by atoms with Gasteiger partial charge < -0.3 is 10.2 Å². The molecule has 4 nitrogen and oxygen atoms in total. The summed E-state index contributed by atoms with van der Waals surface area (Å²) in [6, 6.07) is 0. The number of carboxylic acids is 2. The molecule has 8 heavy (non-hydrogen) atoms. The van der Waals surface area contributed by atoms with Crippen molar-refractivity contribution in [2.45, 2.75) is 6.92 Å². The maximum absolute atomic E-state index is 9.76. The van der Waals surface area contributed by atoms with Crippen LogP contribution in [0.25, 0.3) is 0 Å². The molecule has 0 aliphatic rings. The predicted octanol–water partition coefficient (Wildman–Crippen LogP) is -0.0958. The van der Waals surface area contributed by atoms with Gasteiger partial charge in [0.1, 0.15) is 0 Å². The molecular formula is C4H7O4+. The Balaban J connectivity index is 0. The van der Waals surface area contributed by atoms with E-state index in [1.54, 1.807) is 0 Å². The minimum atomic E-state index is -1.31. The number of carboxylic acid groups (broad SMARTS) is 2. The molecule has 0 amide bonds. The summed E-state index contributed by atoms with van der Waals surface area (Å²) in [6.07, 6.45) is 0. The summed E-state index contributed by atoms with van der Waals surface area (Å²) in [6.45, 7) is 1.12. The zero-order valence-electron chi connectivity index (χ0n) is 5.29. The molecular weight excluding hydrogens is 112 g/mol. The van der Waals surface area contributed by atoms with E-state index in [-0.39, 0.29) is 1.43 Å². The normalized spacial score (nSPS) is 9.25. The molecule has 0 saturated carbocycles. The first-order valence-electron chi connectivity index (χ1n) is 2.01. The molecule has 0 saturated heterocycles. The zero-order valence-corrected chi connectivity index (χ0v) is 4.29. The minimum Gasteiger partial charge on any atom is -0.481 e. The van der Waals surface area contributed by atoms with Crippen LogP contribution in [0.3, 0.4) is 0 Å². The highest BCUT2D eigenvalue weighted by Gasteiger charge is 2.18. The van der Waals surface area contributed by atoms with Crippen molar-refractivity contribution in [1.82, 2.24) is 0 Å². The average molecular weight is 119 g/mol. The van der Waals surface area contributed by atoms with Gasteiger partial charge in [0.25, 0.3) is 0 Å². The van der Waals surface area contributed by atoms with Crippen LogP contribution in [0, 0.1) is 5.92 Å². The molecule has 0 aromatic carbocycles. The Morgan fingerprint density at radius 1 is 1.38 bits per heavy atom. The lowest BCUT2D eigenvalue weighted by molar-refractivity contribution is -0.153. The van der Waals surface area contributed by atoms with Crippen LogP contribution >= 0.6 is 0 Å². The van der Waals surface area contributed by atoms with E-state index in [1.165, 1.54) is 0 Å². The molecule has 0 unspecified atom stereocenters. The lowest BCUT2D eigenvalue weighted by atomic mass is 10.2. The molecule has 0 bridgehead atoms. The maximum Gasteiger partial charge on any atom is 1.00 e. The molecule has 0 aromatic heterocycles. The van der Waals surface area contributed by atoms with E-state index in [9.17, 15) is 9.59 Å². The van der Waals surface area contributed by atoms with Gasteiger partial charge in [-0.15, -0.1) is 0 Å². The molecule has 0 aliphatic heterocycles. The van der Waals surface area contributed by atoms with Gasteiger partial charge in [-0.1, -0.05) is 0 Å². The van der Waals surface area contributed by atoms with E-state index >= 15 is 0 Å². The van der Waals surface area contributed by atoms with Gasteiger partial charge in [-0.3, -0.25) is 9.59 Å². The second-order valence-electron chi connectivity index (χ2n) is 1.40. The van der Waals surface area contributed by atoms with Crippen LogP contribution in [0.1, 0.15) is 8.35 Å². The summed E-state index contributed by atoms with van der Waals surface area (Å²) in [4.78, 5) is 19.5.